The van der Waals surface area contributed by atoms with Crippen LogP contribution in [-0.4, -0.2) is 14.4 Å². The van der Waals surface area contributed by atoms with Crippen LogP contribution in [-0.2, 0) is 27.1 Å². The quantitative estimate of drug-likeness (QED) is 0.880. The number of rotatable bonds is 4. The van der Waals surface area contributed by atoms with E-state index in [9.17, 15) is 13.2 Å². The molecule has 1 aliphatic rings. The molecule has 2 aromatic carbocycles. The van der Waals surface area contributed by atoms with Crippen molar-refractivity contribution in [2.24, 2.45) is 0 Å². The summed E-state index contributed by atoms with van der Waals surface area (Å²) in [5.74, 6) is -0.538. The highest BCUT2D eigenvalue weighted by Gasteiger charge is 2.22. The second-order valence-corrected chi connectivity index (χ2v) is 6.52. The van der Waals surface area contributed by atoms with Crippen LogP contribution in [0.5, 0.6) is 0 Å². The smallest absolute Gasteiger partial charge is 0.338 e. The summed E-state index contributed by atoms with van der Waals surface area (Å²) in [6.45, 7) is 0.241. The fourth-order valence-electron chi connectivity index (χ4n) is 2.19. The third kappa shape index (κ3) is 3.05. The summed E-state index contributed by atoms with van der Waals surface area (Å²) < 4.78 is 31.6. The Morgan fingerprint density at radius 2 is 1.86 bits per heavy atom. The van der Waals surface area contributed by atoms with Crippen LogP contribution >= 0.6 is 0 Å². The summed E-state index contributed by atoms with van der Waals surface area (Å²) in [5, 5.41) is 0. The number of benzene rings is 2. The van der Waals surface area contributed by atoms with E-state index in [0.717, 1.165) is 5.56 Å². The maximum atomic E-state index is 12.1. The van der Waals surface area contributed by atoms with Gasteiger partial charge in [0.05, 0.1) is 11.3 Å². The average Bonchev–Trinajstić information content (AvgIpc) is 2.80. The maximum absolute atomic E-state index is 12.1. The Morgan fingerprint density at radius 3 is 2.62 bits per heavy atom. The van der Waals surface area contributed by atoms with E-state index in [1.54, 1.807) is 36.4 Å². The Labute approximate surface area is 122 Å². The number of carbonyl (C=O) groups excluding carboxylic acids is 1. The van der Waals surface area contributed by atoms with E-state index in [-0.39, 0.29) is 12.4 Å². The van der Waals surface area contributed by atoms with Gasteiger partial charge in [-0.3, -0.25) is 4.72 Å². The molecule has 0 atom stereocenters. The standard InChI is InChI=1S/C15H13NO4S/c17-15-14-8-13(7-6-12(14)9-20-15)16-21(18,19)10-11-4-2-1-3-5-11/h1-8,16H,9-10H2. The predicted molar refractivity (Wildman–Crippen MR) is 78.3 cm³/mol. The molecule has 0 spiro atoms. The van der Waals surface area contributed by atoms with Gasteiger partial charge in [0.2, 0.25) is 10.0 Å². The number of esters is 1. The molecule has 1 N–H and O–H groups in total. The van der Waals surface area contributed by atoms with E-state index in [2.05, 4.69) is 4.72 Å². The molecule has 0 saturated carbocycles. The van der Waals surface area contributed by atoms with Crippen LogP contribution in [0.3, 0.4) is 0 Å². The zero-order chi connectivity index (χ0) is 14.9. The molecule has 0 bridgehead atoms. The van der Waals surface area contributed by atoms with Crippen molar-refractivity contribution in [1.82, 2.24) is 0 Å². The van der Waals surface area contributed by atoms with Crippen LogP contribution in [0, 0.1) is 0 Å². The fourth-order valence-corrected chi connectivity index (χ4v) is 3.38. The van der Waals surface area contributed by atoms with Gasteiger partial charge in [0.15, 0.2) is 0 Å². The average molecular weight is 303 g/mol. The second-order valence-electron chi connectivity index (χ2n) is 4.79. The molecule has 3 rings (SSSR count). The lowest BCUT2D eigenvalue weighted by Gasteiger charge is -2.08. The van der Waals surface area contributed by atoms with Gasteiger partial charge in [0.1, 0.15) is 6.61 Å². The van der Waals surface area contributed by atoms with E-state index >= 15 is 0 Å². The van der Waals surface area contributed by atoms with E-state index in [4.69, 9.17) is 4.74 Å². The largest absolute Gasteiger partial charge is 0.457 e. The molecule has 0 fully saturated rings. The van der Waals surface area contributed by atoms with Crippen molar-refractivity contribution in [3.8, 4) is 0 Å². The summed E-state index contributed by atoms with van der Waals surface area (Å²) in [6.07, 6.45) is 0. The topological polar surface area (TPSA) is 72.5 Å². The van der Waals surface area contributed by atoms with Gasteiger partial charge in [-0.2, -0.15) is 0 Å². The van der Waals surface area contributed by atoms with Crippen LogP contribution in [0.1, 0.15) is 21.5 Å². The number of hydrogen-bond donors (Lipinski definition) is 1. The van der Waals surface area contributed by atoms with Crippen LogP contribution in [0.15, 0.2) is 48.5 Å². The number of carbonyl (C=O) groups is 1. The molecular formula is C15H13NO4S. The minimum Gasteiger partial charge on any atom is -0.457 e. The fraction of sp³-hybridized carbons (Fsp3) is 0.133. The molecule has 5 nitrogen and oxygen atoms in total. The van der Waals surface area contributed by atoms with Gasteiger partial charge >= 0.3 is 5.97 Å². The zero-order valence-electron chi connectivity index (χ0n) is 11.1. The van der Waals surface area contributed by atoms with Gasteiger partial charge in [0.25, 0.3) is 0 Å². The first-order valence-corrected chi connectivity index (χ1v) is 8.03. The first-order chi connectivity index (χ1) is 10.0. The lowest BCUT2D eigenvalue weighted by molar-refractivity contribution is 0.0535. The molecule has 0 unspecified atom stereocenters. The third-order valence-electron chi connectivity index (χ3n) is 3.16. The van der Waals surface area contributed by atoms with Crippen molar-refractivity contribution in [2.75, 3.05) is 4.72 Å². The van der Waals surface area contributed by atoms with Gasteiger partial charge < -0.3 is 4.74 Å². The molecule has 108 valence electrons. The number of cyclic esters (lactones) is 1. The lowest BCUT2D eigenvalue weighted by Crippen LogP contribution is -2.15. The van der Waals surface area contributed by atoms with Crippen molar-refractivity contribution < 1.29 is 17.9 Å². The van der Waals surface area contributed by atoms with Gasteiger partial charge in [0, 0.05) is 11.3 Å². The third-order valence-corrected chi connectivity index (χ3v) is 4.42. The molecule has 0 saturated heterocycles. The van der Waals surface area contributed by atoms with Gasteiger partial charge in [-0.05, 0) is 17.7 Å². The van der Waals surface area contributed by atoms with Crippen LogP contribution in [0.25, 0.3) is 0 Å². The summed E-state index contributed by atoms with van der Waals surface area (Å²) in [6, 6.07) is 13.7. The Bertz CT molecular complexity index is 785. The number of fused-ring (bicyclic) bond motifs is 1. The number of anilines is 1. The van der Waals surface area contributed by atoms with Crippen molar-refractivity contribution in [3.63, 3.8) is 0 Å². The highest BCUT2D eigenvalue weighted by Crippen LogP contribution is 2.24. The predicted octanol–water partition coefficient (Wildman–Crippen LogP) is 2.30. The molecule has 0 aromatic heterocycles. The number of hydrogen-bond acceptors (Lipinski definition) is 4. The highest BCUT2D eigenvalue weighted by atomic mass is 32.2. The molecular weight excluding hydrogens is 290 g/mol. The van der Waals surface area contributed by atoms with Crippen molar-refractivity contribution in [2.45, 2.75) is 12.4 Å². The van der Waals surface area contributed by atoms with Crippen molar-refractivity contribution in [1.29, 1.82) is 0 Å². The van der Waals surface area contributed by atoms with Crippen molar-refractivity contribution in [3.05, 3.63) is 65.2 Å². The normalized spacial score (nSPS) is 13.6. The SMILES string of the molecule is O=C1OCc2ccc(NS(=O)(=O)Cc3ccccc3)cc21. The van der Waals surface area contributed by atoms with Crippen LogP contribution in [0.2, 0.25) is 0 Å². The van der Waals surface area contributed by atoms with E-state index < -0.39 is 16.0 Å². The minimum atomic E-state index is -3.52. The molecule has 0 radical (unpaired) electrons. The number of ether oxygens (including phenoxy) is 1. The second kappa shape index (κ2) is 5.21. The minimum absolute atomic E-state index is 0.116. The van der Waals surface area contributed by atoms with Crippen LogP contribution in [0.4, 0.5) is 5.69 Å². The Balaban J connectivity index is 1.80. The Morgan fingerprint density at radius 1 is 1.10 bits per heavy atom. The monoisotopic (exact) mass is 303 g/mol. The Kier molecular flexibility index (Phi) is 3.39. The lowest BCUT2D eigenvalue weighted by atomic mass is 10.1. The maximum Gasteiger partial charge on any atom is 0.338 e. The van der Waals surface area contributed by atoms with Crippen molar-refractivity contribution >= 4 is 21.7 Å². The first kappa shape index (κ1) is 13.6. The van der Waals surface area contributed by atoms with Gasteiger partial charge in [-0.25, -0.2) is 13.2 Å². The van der Waals surface area contributed by atoms with E-state index in [1.165, 1.54) is 6.07 Å². The first-order valence-electron chi connectivity index (χ1n) is 6.38. The molecule has 21 heavy (non-hydrogen) atoms. The van der Waals surface area contributed by atoms with Gasteiger partial charge in [-0.1, -0.05) is 36.4 Å². The number of nitrogens with one attached hydrogen (secondary N) is 1. The summed E-state index contributed by atoms with van der Waals surface area (Å²) in [7, 11) is -3.52. The van der Waals surface area contributed by atoms with E-state index in [0.29, 0.717) is 16.8 Å². The molecule has 0 aliphatic carbocycles. The molecule has 2 aromatic rings. The molecule has 1 aliphatic heterocycles. The number of sulfonamides is 1. The summed E-state index contributed by atoms with van der Waals surface area (Å²) in [5.41, 5.74) is 2.25. The summed E-state index contributed by atoms with van der Waals surface area (Å²) >= 11 is 0. The summed E-state index contributed by atoms with van der Waals surface area (Å²) in [4.78, 5) is 11.5. The molecule has 1 heterocycles. The Hall–Kier alpha value is -2.34. The van der Waals surface area contributed by atoms with Gasteiger partial charge in [-0.15, -0.1) is 0 Å². The zero-order valence-corrected chi connectivity index (χ0v) is 11.9. The van der Waals surface area contributed by atoms with Crippen LogP contribution < -0.4 is 4.72 Å². The molecule has 6 heteroatoms. The molecule has 0 amide bonds. The van der Waals surface area contributed by atoms with E-state index in [1.807, 2.05) is 6.07 Å². The highest BCUT2D eigenvalue weighted by molar-refractivity contribution is 7.91.